The predicted octanol–water partition coefficient (Wildman–Crippen LogP) is 2.54. The normalized spacial score (nSPS) is 23.3. The topological polar surface area (TPSA) is 43.9 Å². The third-order valence-corrected chi connectivity index (χ3v) is 6.22. The van der Waals surface area contributed by atoms with E-state index >= 15 is 0 Å². The molecule has 0 spiro atoms. The van der Waals surface area contributed by atoms with E-state index in [1.165, 1.54) is 5.56 Å². The van der Waals surface area contributed by atoms with Gasteiger partial charge in [-0.2, -0.15) is 0 Å². The summed E-state index contributed by atoms with van der Waals surface area (Å²) in [7, 11) is 4.06. The van der Waals surface area contributed by atoms with Crippen LogP contribution in [0.3, 0.4) is 0 Å². The molecule has 2 aliphatic rings. The van der Waals surface area contributed by atoms with Crippen LogP contribution in [0.2, 0.25) is 0 Å². The third-order valence-electron chi connectivity index (χ3n) is 6.22. The number of hydrogen-bond acceptors (Lipinski definition) is 3. The number of nitrogens with zero attached hydrogens (tertiary/aromatic N) is 3. The van der Waals surface area contributed by atoms with Gasteiger partial charge in [-0.05, 0) is 64.9 Å². The lowest BCUT2D eigenvalue weighted by Crippen LogP contribution is -2.46. The summed E-state index contributed by atoms with van der Waals surface area (Å²) in [6, 6.07) is 8.16. The number of anilines is 1. The molecular formula is C21H31N3O2. The Balaban J connectivity index is 1.62. The highest BCUT2D eigenvalue weighted by atomic mass is 16.2. The minimum atomic E-state index is -0.234. The van der Waals surface area contributed by atoms with Gasteiger partial charge in [0, 0.05) is 31.7 Å². The van der Waals surface area contributed by atoms with E-state index in [-0.39, 0.29) is 23.8 Å². The molecule has 0 aromatic heterocycles. The fraction of sp³-hybridized carbons (Fsp3) is 0.619. The number of benzene rings is 1. The first-order valence-electron chi connectivity index (χ1n) is 9.69. The Hall–Kier alpha value is -1.88. The van der Waals surface area contributed by atoms with Crippen molar-refractivity contribution in [2.24, 2.45) is 11.8 Å². The summed E-state index contributed by atoms with van der Waals surface area (Å²) in [5.41, 5.74) is 2.06. The number of rotatable bonds is 4. The van der Waals surface area contributed by atoms with E-state index in [0.29, 0.717) is 18.9 Å². The lowest BCUT2D eigenvalue weighted by atomic mass is 9.89. The molecule has 0 radical (unpaired) electrons. The van der Waals surface area contributed by atoms with Crippen molar-refractivity contribution in [3.8, 4) is 0 Å². The van der Waals surface area contributed by atoms with Gasteiger partial charge in [0.1, 0.15) is 0 Å². The summed E-state index contributed by atoms with van der Waals surface area (Å²) in [6.45, 7) is 6.87. The zero-order chi connectivity index (χ0) is 18.8. The minimum Gasteiger partial charge on any atom is -0.342 e. The van der Waals surface area contributed by atoms with E-state index in [1.54, 1.807) is 4.90 Å². The SMILES string of the molecule is Cc1ccc(N2C[C@H](C(=O)N(C)[C@H](C)C3CCN(C)CC3)CC2=O)cc1. The van der Waals surface area contributed by atoms with Gasteiger partial charge in [-0.3, -0.25) is 9.59 Å². The fourth-order valence-corrected chi connectivity index (χ4v) is 4.16. The first-order valence-corrected chi connectivity index (χ1v) is 9.69. The molecule has 5 nitrogen and oxygen atoms in total. The number of carbonyl (C=O) groups excluding carboxylic acids is 2. The maximum absolute atomic E-state index is 13.0. The van der Waals surface area contributed by atoms with Crippen LogP contribution in [-0.2, 0) is 9.59 Å². The standard InChI is InChI=1S/C21H31N3O2/c1-15-5-7-19(8-6-15)24-14-18(13-20(24)25)21(26)23(4)16(2)17-9-11-22(3)12-10-17/h5-8,16-18H,9-14H2,1-4H3/t16-,18-/m1/s1. The summed E-state index contributed by atoms with van der Waals surface area (Å²) < 4.78 is 0. The Morgan fingerprint density at radius 3 is 2.42 bits per heavy atom. The van der Waals surface area contributed by atoms with Gasteiger partial charge in [0.05, 0.1) is 5.92 Å². The van der Waals surface area contributed by atoms with Crippen molar-refractivity contribution in [2.75, 3.05) is 38.6 Å². The van der Waals surface area contributed by atoms with Gasteiger partial charge in [-0.1, -0.05) is 17.7 Å². The zero-order valence-electron chi connectivity index (χ0n) is 16.4. The van der Waals surface area contributed by atoms with Gasteiger partial charge in [-0.15, -0.1) is 0 Å². The molecule has 0 saturated carbocycles. The average molecular weight is 357 g/mol. The van der Waals surface area contributed by atoms with Crippen LogP contribution in [-0.4, -0.2) is 61.4 Å². The number of piperidine rings is 1. The maximum atomic E-state index is 13.0. The van der Waals surface area contributed by atoms with Crippen LogP contribution in [0.1, 0.15) is 31.7 Å². The Morgan fingerprint density at radius 2 is 1.81 bits per heavy atom. The van der Waals surface area contributed by atoms with E-state index < -0.39 is 0 Å². The molecule has 3 rings (SSSR count). The summed E-state index contributed by atoms with van der Waals surface area (Å²) in [6.07, 6.45) is 2.58. The lowest BCUT2D eigenvalue weighted by Gasteiger charge is -2.37. The van der Waals surface area contributed by atoms with Gasteiger partial charge >= 0.3 is 0 Å². The number of amides is 2. The fourth-order valence-electron chi connectivity index (χ4n) is 4.16. The lowest BCUT2D eigenvalue weighted by molar-refractivity contribution is -0.137. The van der Waals surface area contributed by atoms with E-state index in [2.05, 4.69) is 18.9 Å². The number of aryl methyl sites for hydroxylation is 1. The van der Waals surface area contributed by atoms with Crippen LogP contribution in [0.5, 0.6) is 0 Å². The second kappa shape index (κ2) is 7.78. The Bertz CT molecular complexity index is 650. The first-order chi connectivity index (χ1) is 12.4. The van der Waals surface area contributed by atoms with Gasteiger partial charge in [-0.25, -0.2) is 0 Å². The molecule has 2 heterocycles. The Labute approximate surface area is 156 Å². The van der Waals surface area contributed by atoms with E-state index in [1.807, 2.05) is 43.1 Å². The molecule has 2 amide bonds. The molecule has 2 saturated heterocycles. The Morgan fingerprint density at radius 1 is 1.19 bits per heavy atom. The van der Waals surface area contributed by atoms with Crippen molar-refractivity contribution in [1.29, 1.82) is 0 Å². The van der Waals surface area contributed by atoms with Crippen molar-refractivity contribution in [3.05, 3.63) is 29.8 Å². The molecular weight excluding hydrogens is 326 g/mol. The first kappa shape index (κ1) is 18.9. The highest BCUT2D eigenvalue weighted by molar-refractivity contribution is 6.00. The second-order valence-electron chi connectivity index (χ2n) is 8.07. The smallest absolute Gasteiger partial charge is 0.228 e. The summed E-state index contributed by atoms with van der Waals surface area (Å²) in [5, 5.41) is 0. The van der Waals surface area contributed by atoms with E-state index in [4.69, 9.17) is 0 Å². The summed E-state index contributed by atoms with van der Waals surface area (Å²) in [4.78, 5) is 31.5. The molecule has 1 aromatic carbocycles. The zero-order valence-corrected chi connectivity index (χ0v) is 16.4. The van der Waals surface area contributed by atoms with Crippen molar-refractivity contribution < 1.29 is 9.59 Å². The monoisotopic (exact) mass is 357 g/mol. The molecule has 2 aliphatic heterocycles. The third kappa shape index (κ3) is 3.93. The van der Waals surface area contributed by atoms with E-state index in [9.17, 15) is 9.59 Å². The van der Waals surface area contributed by atoms with Crippen LogP contribution in [0, 0.1) is 18.8 Å². The number of hydrogen-bond donors (Lipinski definition) is 0. The molecule has 26 heavy (non-hydrogen) atoms. The summed E-state index contributed by atoms with van der Waals surface area (Å²) >= 11 is 0. The highest BCUT2D eigenvalue weighted by Gasteiger charge is 2.38. The Kier molecular flexibility index (Phi) is 5.66. The number of carbonyl (C=O) groups is 2. The van der Waals surface area contributed by atoms with Gasteiger partial charge in [0.2, 0.25) is 11.8 Å². The second-order valence-corrected chi connectivity index (χ2v) is 8.07. The number of likely N-dealkylation sites (tertiary alicyclic amines) is 1. The van der Waals surface area contributed by atoms with Crippen molar-refractivity contribution in [1.82, 2.24) is 9.80 Å². The predicted molar refractivity (Wildman–Crippen MR) is 104 cm³/mol. The van der Waals surface area contributed by atoms with Crippen LogP contribution in [0.4, 0.5) is 5.69 Å². The van der Waals surface area contributed by atoms with Gasteiger partial charge in [0.25, 0.3) is 0 Å². The largest absolute Gasteiger partial charge is 0.342 e. The highest BCUT2D eigenvalue weighted by Crippen LogP contribution is 2.29. The molecule has 2 fully saturated rings. The van der Waals surface area contributed by atoms with Crippen molar-refractivity contribution in [2.45, 2.75) is 39.2 Å². The molecule has 0 N–H and O–H groups in total. The van der Waals surface area contributed by atoms with Crippen LogP contribution < -0.4 is 4.90 Å². The summed E-state index contributed by atoms with van der Waals surface area (Å²) in [5.74, 6) is 0.472. The van der Waals surface area contributed by atoms with Crippen molar-refractivity contribution >= 4 is 17.5 Å². The molecule has 1 aromatic rings. The van der Waals surface area contributed by atoms with Crippen molar-refractivity contribution in [3.63, 3.8) is 0 Å². The van der Waals surface area contributed by atoms with Gasteiger partial charge < -0.3 is 14.7 Å². The quantitative estimate of drug-likeness (QED) is 0.832. The molecule has 142 valence electrons. The van der Waals surface area contributed by atoms with Crippen LogP contribution >= 0.6 is 0 Å². The van der Waals surface area contributed by atoms with E-state index in [0.717, 1.165) is 31.6 Å². The molecule has 0 aliphatic carbocycles. The maximum Gasteiger partial charge on any atom is 0.228 e. The van der Waals surface area contributed by atoms with Gasteiger partial charge in [0.15, 0.2) is 0 Å². The van der Waals surface area contributed by atoms with Crippen LogP contribution in [0.15, 0.2) is 24.3 Å². The minimum absolute atomic E-state index is 0.0487. The van der Waals surface area contributed by atoms with Crippen LogP contribution in [0.25, 0.3) is 0 Å². The molecule has 2 atom stereocenters. The molecule has 5 heteroatoms. The molecule has 0 bridgehead atoms. The average Bonchev–Trinajstić information content (AvgIpc) is 3.03. The molecule has 0 unspecified atom stereocenters.